The zero-order valence-corrected chi connectivity index (χ0v) is 16.3. The van der Waals surface area contributed by atoms with Gasteiger partial charge in [-0.25, -0.2) is 0 Å². The van der Waals surface area contributed by atoms with E-state index in [0.717, 1.165) is 5.56 Å². The summed E-state index contributed by atoms with van der Waals surface area (Å²) < 4.78 is 22.7. The van der Waals surface area contributed by atoms with Gasteiger partial charge in [0, 0.05) is 16.2 Å². The van der Waals surface area contributed by atoms with Gasteiger partial charge in [0.25, 0.3) is 0 Å². The fourth-order valence-corrected chi connectivity index (χ4v) is 3.53. The fourth-order valence-electron chi connectivity index (χ4n) is 3.53. The average Bonchev–Trinajstić information content (AvgIpc) is 2.77. The lowest BCUT2D eigenvalue weighted by Crippen LogP contribution is -2.57. The van der Waals surface area contributed by atoms with Crippen molar-refractivity contribution in [3.63, 3.8) is 0 Å². The number of hydrogen-bond donors (Lipinski definition) is 1. The predicted octanol–water partition coefficient (Wildman–Crippen LogP) is 3.36. The van der Waals surface area contributed by atoms with Crippen LogP contribution in [0.15, 0.2) is 52.7 Å². The lowest BCUT2D eigenvalue weighted by atomic mass is 9.84. The van der Waals surface area contributed by atoms with Crippen molar-refractivity contribution in [1.82, 2.24) is 0 Å². The molecule has 6 atom stereocenters. The summed E-state index contributed by atoms with van der Waals surface area (Å²) in [6, 6.07) is 8.09. The van der Waals surface area contributed by atoms with Gasteiger partial charge in [0.1, 0.15) is 12.9 Å². The highest BCUT2D eigenvalue weighted by atomic mass is 16.7. The summed E-state index contributed by atoms with van der Waals surface area (Å²) in [6.07, 6.45) is 0.930. The Morgan fingerprint density at radius 1 is 1.07 bits per heavy atom. The van der Waals surface area contributed by atoms with Crippen LogP contribution >= 0.6 is 0 Å². The molecule has 0 aromatic heterocycles. The van der Waals surface area contributed by atoms with Crippen LogP contribution in [0.4, 0.5) is 0 Å². The van der Waals surface area contributed by atoms with Gasteiger partial charge < -0.3 is 24.1 Å². The highest BCUT2D eigenvalue weighted by Gasteiger charge is 2.46. The molecule has 0 saturated heterocycles. The zero-order valence-electron chi connectivity index (χ0n) is 16.3. The normalized spacial score (nSPS) is 30.8. The van der Waals surface area contributed by atoms with E-state index in [1.165, 1.54) is 0 Å². The van der Waals surface area contributed by atoms with Gasteiger partial charge in [0.05, 0.1) is 37.5 Å². The third-order valence-corrected chi connectivity index (χ3v) is 4.95. The van der Waals surface area contributed by atoms with Gasteiger partial charge in [-0.2, -0.15) is 0 Å². The smallest absolute Gasteiger partial charge is 0.161 e. The van der Waals surface area contributed by atoms with Crippen LogP contribution in [0.1, 0.15) is 18.4 Å². The van der Waals surface area contributed by atoms with Gasteiger partial charge in [0.15, 0.2) is 6.29 Å². The van der Waals surface area contributed by atoms with E-state index in [9.17, 15) is 5.11 Å². The summed E-state index contributed by atoms with van der Waals surface area (Å²) in [6.45, 7) is 0.614. The van der Waals surface area contributed by atoms with E-state index in [1.807, 2.05) is 42.5 Å². The second-order valence-electron chi connectivity index (χ2n) is 6.92. The van der Waals surface area contributed by atoms with Gasteiger partial charge in [-0.3, -0.25) is 0 Å². The summed E-state index contributed by atoms with van der Waals surface area (Å²) in [5.74, 6) is 0. The van der Waals surface area contributed by atoms with Gasteiger partial charge in [0.2, 0.25) is 0 Å². The summed E-state index contributed by atoms with van der Waals surface area (Å²) >= 11 is 0. The maximum atomic E-state index is 10.9. The third kappa shape index (κ3) is 5.94. The molecule has 1 aromatic rings. The first kappa shape index (κ1) is 22.1. The molecule has 1 saturated carbocycles. The molecule has 1 unspecified atom stereocenters. The molecule has 11 heteroatoms. The molecule has 1 heterocycles. The van der Waals surface area contributed by atoms with E-state index in [0.29, 0.717) is 19.6 Å². The Kier molecular flexibility index (Phi) is 8.49. The van der Waals surface area contributed by atoms with E-state index in [1.54, 1.807) is 0 Å². The Morgan fingerprint density at radius 2 is 1.80 bits per heavy atom. The Labute approximate surface area is 173 Å². The molecular weight excluding hydrogens is 392 g/mol. The molecule has 3 rings (SSSR count). The largest absolute Gasteiger partial charge is 0.388 e. The number of hydrogen-bond acceptors (Lipinski definition) is 7. The minimum Gasteiger partial charge on any atom is -0.388 e. The number of rotatable bonds is 9. The Balaban J connectivity index is 1.66. The minimum absolute atomic E-state index is 0.115. The van der Waals surface area contributed by atoms with E-state index in [-0.39, 0.29) is 13.2 Å². The highest BCUT2D eigenvalue weighted by molar-refractivity contribution is 5.13. The molecule has 1 aliphatic carbocycles. The van der Waals surface area contributed by atoms with Crippen molar-refractivity contribution in [2.75, 3.05) is 13.4 Å². The SMILES string of the molecule is [N-]=[N+]=N[C@H]1C[C@@H](N=[N+]=[N-])[C@H](OCOCc2ccccc2)[C@@H](O)[C@@H]1OC1CC=CCO1. The number of aliphatic hydroxyl groups excluding tert-OH is 1. The van der Waals surface area contributed by atoms with Crippen LogP contribution in [0.5, 0.6) is 0 Å². The van der Waals surface area contributed by atoms with E-state index in [4.69, 9.17) is 30.0 Å². The van der Waals surface area contributed by atoms with E-state index in [2.05, 4.69) is 20.1 Å². The van der Waals surface area contributed by atoms with E-state index < -0.39 is 36.7 Å². The van der Waals surface area contributed by atoms with Crippen LogP contribution in [0.2, 0.25) is 0 Å². The molecule has 0 radical (unpaired) electrons. The maximum absolute atomic E-state index is 10.9. The topological polar surface area (TPSA) is 155 Å². The number of nitrogens with zero attached hydrogens (tertiary/aromatic N) is 6. The van der Waals surface area contributed by atoms with Crippen molar-refractivity contribution in [2.24, 2.45) is 10.2 Å². The van der Waals surface area contributed by atoms with Crippen molar-refractivity contribution >= 4 is 0 Å². The predicted molar refractivity (Wildman–Crippen MR) is 106 cm³/mol. The molecule has 11 nitrogen and oxygen atoms in total. The molecule has 0 bridgehead atoms. The molecule has 30 heavy (non-hydrogen) atoms. The van der Waals surface area contributed by atoms with Crippen molar-refractivity contribution < 1.29 is 24.1 Å². The van der Waals surface area contributed by atoms with Crippen LogP contribution < -0.4 is 0 Å². The van der Waals surface area contributed by atoms with Crippen LogP contribution in [0, 0.1) is 0 Å². The summed E-state index contributed by atoms with van der Waals surface area (Å²) in [7, 11) is 0. The number of azide groups is 2. The average molecular weight is 416 g/mol. The van der Waals surface area contributed by atoms with Gasteiger partial charge >= 0.3 is 0 Å². The Hall–Kier alpha value is -2.62. The van der Waals surface area contributed by atoms with E-state index >= 15 is 0 Å². The molecule has 1 aliphatic heterocycles. The Morgan fingerprint density at radius 3 is 2.47 bits per heavy atom. The minimum atomic E-state index is -1.21. The van der Waals surface area contributed by atoms with Crippen molar-refractivity contribution in [2.45, 2.75) is 56.1 Å². The molecule has 2 aliphatic rings. The molecule has 1 aromatic carbocycles. The van der Waals surface area contributed by atoms with Gasteiger partial charge in [-0.15, -0.1) is 0 Å². The van der Waals surface area contributed by atoms with Gasteiger partial charge in [-0.1, -0.05) is 52.7 Å². The summed E-state index contributed by atoms with van der Waals surface area (Å²) in [5, 5.41) is 18.4. The number of ether oxygens (including phenoxy) is 4. The molecule has 1 fully saturated rings. The monoisotopic (exact) mass is 416 g/mol. The molecule has 0 spiro atoms. The van der Waals surface area contributed by atoms with Crippen molar-refractivity contribution in [3.8, 4) is 0 Å². The fraction of sp³-hybridized carbons (Fsp3) is 0.579. The lowest BCUT2D eigenvalue weighted by Gasteiger charge is -2.42. The second kappa shape index (κ2) is 11.5. The summed E-state index contributed by atoms with van der Waals surface area (Å²) in [4.78, 5) is 5.68. The van der Waals surface area contributed by atoms with Crippen LogP contribution in [0.3, 0.4) is 0 Å². The van der Waals surface area contributed by atoms with Gasteiger partial charge in [-0.05, 0) is 23.0 Å². The van der Waals surface area contributed by atoms with Crippen LogP contribution in [0.25, 0.3) is 20.9 Å². The molecule has 1 N–H and O–H groups in total. The number of benzene rings is 1. The first-order chi connectivity index (χ1) is 14.7. The molecular formula is C19H24N6O5. The quantitative estimate of drug-likeness (QED) is 0.163. The second-order valence-corrected chi connectivity index (χ2v) is 6.92. The zero-order chi connectivity index (χ0) is 21.2. The summed E-state index contributed by atoms with van der Waals surface area (Å²) in [5.41, 5.74) is 18.8. The van der Waals surface area contributed by atoms with Crippen molar-refractivity contribution in [3.05, 3.63) is 68.9 Å². The van der Waals surface area contributed by atoms with Crippen molar-refractivity contribution in [1.29, 1.82) is 0 Å². The highest BCUT2D eigenvalue weighted by Crippen LogP contribution is 2.31. The third-order valence-electron chi connectivity index (χ3n) is 4.95. The first-order valence-corrected chi connectivity index (χ1v) is 9.64. The number of aliphatic hydroxyl groups is 1. The Bertz CT molecular complexity index is 796. The standard InChI is InChI=1S/C19H24N6O5/c20-24-22-14-10-15(23-25-21)19(30-16-8-4-5-9-28-16)17(26)18(14)29-12-27-11-13-6-2-1-3-7-13/h1-7,14-19,26H,8-12H2/t14-,15+,16?,17-,18+,19-/m1/s1. The van der Waals surface area contributed by atoms with Crippen LogP contribution in [-0.2, 0) is 25.6 Å². The lowest BCUT2D eigenvalue weighted by molar-refractivity contribution is -0.232. The maximum Gasteiger partial charge on any atom is 0.161 e. The molecule has 160 valence electrons. The molecule has 0 amide bonds. The first-order valence-electron chi connectivity index (χ1n) is 9.64. The van der Waals surface area contributed by atoms with Crippen LogP contribution in [-0.4, -0.2) is 55.2 Å².